The van der Waals surface area contributed by atoms with Crippen molar-refractivity contribution < 1.29 is 9.59 Å². The van der Waals surface area contributed by atoms with Gasteiger partial charge in [0.05, 0.1) is 12.4 Å². The van der Waals surface area contributed by atoms with Gasteiger partial charge in [0.15, 0.2) is 0 Å². The van der Waals surface area contributed by atoms with Gasteiger partial charge in [-0.15, -0.1) is 0 Å². The number of benzene rings is 2. The van der Waals surface area contributed by atoms with E-state index in [1.54, 1.807) is 48.8 Å². The van der Waals surface area contributed by atoms with Crippen LogP contribution in [0, 0.1) is 0 Å². The second kappa shape index (κ2) is 11.2. The van der Waals surface area contributed by atoms with Crippen molar-refractivity contribution in [1.82, 2.24) is 10.9 Å². The Morgan fingerprint density at radius 3 is 2.09 bits per heavy atom. The van der Waals surface area contributed by atoms with Gasteiger partial charge in [-0.3, -0.25) is 9.59 Å². The number of carbonyl (C=O) groups excluding carboxylic acids is 2. The van der Waals surface area contributed by atoms with Crippen LogP contribution in [0.1, 0.15) is 44.7 Å². The van der Waals surface area contributed by atoms with Crippen LogP contribution in [0.5, 0.6) is 0 Å². The Bertz CT molecular complexity index is 1140. The molecule has 0 bridgehead atoms. The third-order valence-corrected chi connectivity index (χ3v) is 4.73. The summed E-state index contributed by atoms with van der Waals surface area (Å²) in [5, 5.41) is 7.99. The molecule has 1 aliphatic carbocycles. The lowest BCUT2D eigenvalue weighted by atomic mass is 10.0. The summed E-state index contributed by atoms with van der Waals surface area (Å²) in [6.45, 7) is 7.48. The van der Waals surface area contributed by atoms with Crippen LogP contribution >= 0.6 is 0 Å². The minimum Gasteiger partial charge on any atom is -0.267 e. The van der Waals surface area contributed by atoms with Crippen LogP contribution in [0.3, 0.4) is 0 Å². The predicted octanol–water partition coefficient (Wildman–Crippen LogP) is 4.64. The van der Waals surface area contributed by atoms with Crippen molar-refractivity contribution in [2.24, 2.45) is 10.2 Å². The van der Waals surface area contributed by atoms with E-state index in [0.717, 1.165) is 35.1 Å². The second-order valence-electron chi connectivity index (χ2n) is 7.02. The Morgan fingerprint density at radius 2 is 1.47 bits per heavy atom. The molecule has 1 aliphatic rings. The number of allylic oxidation sites excluding steroid dienone is 5. The number of hydrogen-bond acceptors (Lipinski definition) is 4. The van der Waals surface area contributed by atoms with E-state index in [-0.39, 0.29) is 11.8 Å². The van der Waals surface area contributed by atoms with Gasteiger partial charge in [-0.2, -0.15) is 10.2 Å². The molecule has 6 nitrogen and oxygen atoms in total. The molecule has 0 heterocycles. The number of hydrazone groups is 2. The first-order valence-electron chi connectivity index (χ1n) is 10.1. The van der Waals surface area contributed by atoms with Crippen molar-refractivity contribution in [3.05, 3.63) is 113 Å². The number of rotatable bonds is 8. The number of hydrogen-bond donors (Lipinski definition) is 2. The zero-order valence-corrected chi connectivity index (χ0v) is 17.6. The van der Waals surface area contributed by atoms with E-state index in [4.69, 9.17) is 0 Å². The van der Waals surface area contributed by atoms with Crippen LogP contribution in [0.2, 0.25) is 0 Å². The van der Waals surface area contributed by atoms with Crippen LogP contribution in [0.4, 0.5) is 0 Å². The van der Waals surface area contributed by atoms with Crippen LogP contribution in [-0.4, -0.2) is 24.2 Å². The van der Waals surface area contributed by atoms with E-state index < -0.39 is 0 Å². The van der Waals surface area contributed by atoms with E-state index in [0.29, 0.717) is 11.1 Å². The fourth-order valence-electron chi connectivity index (χ4n) is 3.00. The van der Waals surface area contributed by atoms with E-state index in [2.05, 4.69) is 40.3 Å². The van der Waals surface area contributed by atoms with Crippen LogP contribution in [-0.2, 0) is 0 Å². The summed E-state index contributed by atoms with van der Waals surface area (Å²) < 4.78 is 0. The van der Waals surface area contributed by atoms with Crippen molar-refractivity contribution in [2.45, 2.75) is 12.8 Å². The Labute approximate surface area is 187 Å². The van der Waals surface area contributed by atoms with Crippen LogP contribution < -0.4 is 10.9 Å². The molecule has 2 amide bonds. The van der Waals surface area contributed by atoms with E-state index in [1.165, 1.54) is 0 Å². The first kappa shape index (κ1) is 22.4. The molecule has 0 fully saturated rings. The van der Waals surface area contributed by atoms with Crippen molar-refractivity contribution in [3.63, 3.8) is 0 Å². The van der Waals surface area contributed by atoms with E-state index >= 15 is 0 Å². The molecule has 0 aromatic heterocycles. The van der Waals surface area contributed by atoms with Crippen LogP contribution in [0.15, 0.2) is 101 Å². The fraction of sp³-hybridized carbons (Fsp3) is 0.0769. The molecular weight excluding hydrogens is 400 g/mol. The third kappa shape index (κ3) is 6.34. The van der Waals surface area contributed by atoms with Crippen LogP contribution in [0.25, 0.3) is 6.08 Å². The molecule has 0 saturated carbocycles. The lowest BCUT2D eigenvalue weighted by Gasteiger charge is -2.07. The van der Waals surface area contributed by atoms with Gasteiger partial charge in [-0.05, 0) is 65.4 Å². The molecule has 3 rings (SSSR count). The summed E-state index contributed by atoms with van der Waals surface area (Å²) >= 11 is 0. The van der Waals surface area contributed by atoms with Gasteiger partial charge in [0.25, 0.3) is 11.8 Å². The Morgan fingerprint density at radius 1 is 0.844 bits per heavy atom. The molecule has 0 spiro atoms. The molecule has 0 aliphatic heterocycles. The lowest BCUT2D eigenvalue weighted by Crippen LogP contribution is -2.19. The quantitative estimate of drug-likeness (QED) is 0.478. The van der Waals surface area contributed by atoms with Gasteiger partial charge in [0.1, 0.15) is 0 Å². The van der Waals surface area contributed by atoms with Gasteiger partial charge in [-0.25, -0.2) is 10.9 Å². The zero-order chi connectivity index (χ0) is 22.8. The molecule has 0 saturated heterocycles. The Kier molecular flexibility index (Phi) is 7.81. The van der Waals surface area contributed by atoms with Crippen molar-refractivity contribution in [2.75, 3.05) is 0 Å². The topological polar surface area (TPSA) is 82.9 Å². The van der Waals surface area contributed by atoms with E-state index in [9.17, 15) is 9.59 Å². The normalized spacial score (nSPS) is 13.4. The number of amides is 2. The lowest BCUT2D eigenvalue weighted by molar-refractivity contribution is 0.0943. The summed E-state index contributed by atoms with van der Waals surface area (Å²) in [7, 11) is 0. The van der Waals surface area contributed by atoms with Crippen molar-refractivity contribution in [1.29, 1.82) is 0 Å². The average molecular weight is 425 g/mol. The number of nitrogens with one attached hydrogen (secondary N) is 2. The zero-order valence-electron chi connectivity index (χ0n) is 17.6. The number of nitrogens with zero attached hydrogens (tertiary/aromatic N) is 2. The number of carbonyl (C=O) groups is 2. The maximum absolute atomic E-state index is 12.3. The average Bonchev–Trinajstić information content (AvgIpc) is 2.84. The fourth-order valence-corrected chi connectivity index (χ4v) is 3.00. The maximum atomic E-state index is 12.3. The van der Waals surface area contributed by atoms with Crippen molar-refractivity contribution in [3.8, 4) is 0 Å². The SMILES string of the molecule is C=CC1=CCCC(/C=N/NC(=O)c2ccc(C(=O)N/N=C/c3cccc(C=C)c3)cc2)=C1. The highest BCUT2D eigenvalue weighted by Crippen LogP contribution is 2.16. The molecule has 2 aromatic carbocycles. The predicted molar refractivity (Wildman–Crippen MR) is 130 cm³/mol. The maximum Gasteiger partial charge on any atom is 0.271 e. The molecule has 0 unspecified atom stereocenters. The summed E-state index contributed by atoms with van der Waals surface area (Å²) in [5.41, 5.74) is 9.64. The summed E-state index contributed by atoms with van der Waals surface area (Å²) in [4.78, 5) is 24.5. The Balaban J connectivity index is 1.53. The first-order chi connectivity index (χ1) is 15.6. The smallest absolute Gasteiger partial charge is 0.267 e. The van der Waals surface area contributed by atoms with E-state index in [1.807, 2.05) is 30.3 Å². The van der Waals surface area contributed by atoms with Gasteiger partial charge in [0.2, 0.25) is 0 Å². The first-order valence-corrected chi connectivity index (χ1v) is 10.1. The Hall–Kier alpha value is -4.32. The highest BCUT2D eigenvalue weighted by Gasteiger charge is 2.08. The van der Waals surface area contributed by atoms with Crippen molar-refractivity contribution >= 4 is 30.3 Å². The monoisotopic (exact) mass is 424 g/mol. The standard InChI is InChI=1S/C26H24N4O2/c1-3-19-7-5-9-21(15-19)17-27-29-25(31)23-11-13-24(14-12-23)26(32)30-28-18-22-10-6-8-20(4-2)16-22/h3-5,7-9,11-18H,1-2,6,10H2,(H,29,31)(H,30,32)/b27-17+,28-18+. The highest BCUT2D eigenvalue weighted by molar-refractivity contribution is 5.98. The highest BCUT2D eigenvalue weighted by atomic mass is 16.2. The molecule has 6 heteroatoms. The molecule has 0 radical (unpaired) electrons. The summed E-state index contributed by atoms with van der Waals surface area (Å²) in [5.74, 6) is -0.731. The molecule has 2 aromatic rings. The molecule has 160 valence electrons. The largest absolute Gasteiger partial charge is 0.271 e. The van der Waals surface area contributed by atoms with Gasteiger partial charge in [-0.1, -0.05) is 55.7 Å². The van der Waals surface area contributed by atoms with Gasteiger partial charge < -0.3 is 0 Å². The molecule has 0 atom stereocenters. The van der Waals surface area contributed by atoms with Gasteiger partial charge in [0, 0.05) is 11.1 Å². The third-order valence-electron chi connectivity index (χ3n) is 4.73. The molecule has 32 heavy (non-hydrogen) atoms. The van der Waals surface area contributed by atoms with Gasteiger partial charge >= 0.3 is 0 Å². The minimum absolute atomic E-state index is 0.357. The second-order valence-corrected chi connectivity index (χ2v) is 7.02. The summed E-state index contributed by atoms with van der Waals surface area (Å²) in [6.07, 6.45) is 12.6. The molecular formula is C26H24N4O2. The summed E-state index contributed by atoms with van der Waals surface area (Å²) in [6, 6.07) is 13.8. The molecule has 2 N–H and O–H groups in total. The minimum atomic E-state index is -0.374.